The van der Waals surface area contributed by atoms with E-state index in [9.17, 15) is 0 Å². The average molecular weight is 290 g/mol. The van der Waals surface area contributed by atoms with Crippen molar-refractivity contribution in [3.05, 3.63) is 23.8 Å². The third-order valence-electron chi connectivity index (χ3n) is 5.03. The summed E-state index contributed by atoms with van der Waals surface area (Å²) in [4.78, 5) is 2.40. The Morgan fingerprint density at radius 3 is 2.86 bits per heavy atom. The monoisotopic (exact) mass is 290 g/mol. The molecule has 116 valence electrons. The van der Waals surface area contributed by atoms with Gasteiger partial charge < -0.3 is 19.9 Å². The second-order valence-electron chi connectivity index (χ2n) is 6.74. The van der Waals surface area contributed by atoms with E-state index in [4.69, 9.17) is 10.5 Å². The van der Waals surface area contributed by atoms with Gasteiger partial charge in [0.2, 0.25) is 0 Å². The molecule has 3 rings (SSSR count). The molecule has 0 unspecified atom stereocenters. The summed E-state index contributed by atoms with van der Waals surface area (Å²) >= 11 is 0. The number of likely N-dealkylation sites (N-methyl/N-ethyl adjacent to an activating group) is 1. The number of nitrogens with zero attached hydrogens (tertiary/aromatic N) is 2. The first-order valence-corrected chi connectivity index (χ1v) is 8.21. The van der Waals surface area contributed by atoms with Crippen molar-refractivity contribution in [1.29, 1.82) is 0 Å². The predicted molar refractivity (Wildman–Crippen MR) is 87.6 cm³/mol. The predicted octanol–water partition coefficient (Wildman–Crippen LogP) is 1.89. The van der Waals surface area contributed by atoms with E-state index in [1.165, 1.54) is 41.7 Å². The first kappa shape index (κ1) is 14.7. The van der Waals surface area contributed by atoms with Gasteiger partial charge in [-0.3, -0.25) is 0 Å². The lowest BCUT2D eigenvalue weighted by Crippen LogP contribution is -2.43. The fourth-order valence-corrected chi connectivity index (χ4v) is 3.58. The smallest absolute Gasteiger partial charge is 0.102 e. The Hall–Kier alpha value is -1.26. The highest BCUT2D eigenvalue weighted by Gasteiger charge is 2.26. The Kier molecular flexibility index (Phi) is 4.36. The number of anilines is 2. The molecule has 2 aliphatic heterocycles. The molecule has 2 aliphatic rings. The van der Waals surface area contributed by atoms with Gasteiger partial charge in [0.05, 0.1) is 33.4 Å². The van der Waals surface area contributed by atoms with E-state index in [0.29, 0.717) is 0 Å². The molecule has 0 radical (unpaired) electrons. The molecule has 1 aromatic carbocycles. The minimum atomic E-state index is 0.814. The second kappa shape index (κ2) is 6.24. The molecular formula is C17H28N3O+. The van der Waals surface area contributed by atoms with E-state index < -0.39 is 0 Å². The molecule has 0 saturated carbocycles. The van der Waals surface area contributed by atoms with Crippen LogP contribution < -0.4 is 10.6 Å². The molecule has 0 spiro atoms. The Balaban J connectivity index is 1.40. The molecule has 21 heavy (non-hydrogen) atoms. The van der Waals surface area contributed by atoms with Gasteiger partial charge >= 0.3 is 0 Å². The Morgan fingerprint density at radius 2 is 2.05 bits per heavy atom. The van der Waals surface area contributed by atoms with Crippen LogP contribution in [0, 0.1) is 0 Å². The van der Waals surface area contributed by atoms with Gasteiger partial charge in [-0.25, -0.2) is 0 Å². The summed E-state index contributed by atoms with van der Waals surface area (Å²) in [5.41, 5.74) is 9.47. The van der Waals surface area contributed by atoms with E-state index >= 15 is 0 Å². The van der Waals surface area contributed by atoms with Crippen molar-refractivity contribution in [2.45, 2.75) is 19.3 Å². The SMILES string of the molecule is C[N+]1(CCOCCN2CCc3ccc(N)cc32)CCCC1. The standard InChI is InChI=1S/C17H28N3O/c1-20(9-2-3-10-20)11-13-21-12-8-19-7-6-15-4-5-16(18)14-17(15)19/h4-5,14H,2-3,6-13,18H2,1H3/q+1. The van der Waals surface area contributed by atoms with E-state index in [-0.39, 0.29) is 0 Å². The van der Waals surface area contributed by atoms with Crippen LogP contribution in [-0.4, -0.2) is 57.5 Å². The summed E-state index contributed by atoms with van der Waals surface area (Å²) in [5, 5.41) is 0. The Morgan fingerprint density at radius 1 is 1.24 bits per heavy atom. The maximum absolute atomic E-state index is 5.89. The highest BCUT2D eigenvalue weighted by molar-refractivity contribution is 5.64. The number of benzene rings is 1. The molecule has 2 heterocycles. The third-order valence-corrected chi connectivity index (χ3v) is 5.03. The van der Waals surface area contributed by atoms with Crippen molar-refractivity contribution in [1.82, 2.24) is 0 Å². The zero-order valence-electron chi connectivity index (χ0n) is 13.2. The van der Waals surface area contributed by atoms with Crippen LogP contribution in [0.1, 0.15) is 18.4 Å². The number of nitrogen functional groups attached to an aromatic ring is 1. The number of hydrogen-bond donors (Lipinski definition) is 1. The van der Waals surface area contributed by atoms with E-state index in [1.54, 1.807) is 0 Å². The number of likely N-dealkylation sites (tertiary alicyclic amines) is 1. The van der Waals surface area contributed by atoms with Crippen molar-refractivity contribution in [2.24, 2.45) is 0 Å². The molecule has 0 atom stereocenters. The normalized spacial score (nSPS) is 20.0. The molecule has 1 aromatic rings. The van der Waals surface area contributed by atoms with E-state index in [1.807, 2.05) is 6.07 Å². The van der Waals surface area contributed by atoms with Gasteiger partial charge in [-0.1, -0.05) is 6.07 Å². The maximum atomic E-state index is 5.89. The Bertz CT molecular complexity index is 483. The molecule has 0 amide bonds. The molecule has 4 nitrogen and oxygen atoms in total. The quantitative estimate of drug-likeness (QED) is 0.494. The van der Waals surface area contributed by atoms with Crippen LogP contribution in [0.3, 0.4) is 0 Å². The Labute approximate surface area is 128 Å². The van der Waals surface area contributed by atoms with Crippen LogP contribution >= 0.6 is 0 Å². The van der Waals surface area contributed by atoms with Crippen molar-refractivity contribution in [3.8, 4) is 0 Å². The van der Waals surface area contributed by atoms with Crippen molar-refractivity contribution in [3.63, 3.8) is 0 Å². The van der Waals surface area contributed by atoms with Crippen LogP contribution in [0.4, 0.5) is 11.4 Å². The number of rotatable bonds is 6. The summed E-state index contributed by atoms with van der Waals surface area (Å²) in [6.07, 6.45) is 3.88. The summed E-state index contributed by atoms with van der Waals surface area (Å²) in [6.45, 7) is 7.56. The summed E-state index contributed by atoms with van der Waals surface area (Å²) in [6, 6.07) is 6.25. The molecule has 1 fully saturated rings. The number of nitrogens with two attached hydrogens (primary N) is 1. The van der Waals surface area contributed by atoms with Crippen molar-refractivity contribution in [2.75, 3.05) is 63.6 Å². The second-order valence-corrected chi connectivity index (χ2v) is 6.74. The lowest BCUT2D eigenvalue weighted by molar-refractivity contribution is -0.898. The highest BCUT2D eigenvalue weighted by atomic mass is 16.5. The van der Waals surface area contributed by atoms with Gasteiger partial charge in [-0.2, -0.15) is 0 Å². The van der Waals surface area contributed by atoms with E-state index in [2.05, 4.69) is 24.1 Å². The molecular weight excluding hydrogens is 262 g/mol. The fourth-order valence-electron chi connectivity index (χ4n) is 3.58. The van der Waals surface area contributed by atoms with Crippen LogP contribution in [0.2, 0.25) is 0 Å². The van der Waals surface area contributed by atoms with Gasteiger partial charge in [0, 0.05) is 37.3 Å². The van der Waals surface area contributed by atoms with Crippen molar-refractivity contribution < 1.29 is 9.22 Å². The summed E-state index contributed by atoms with van der Waals surface area (Å²) in [7, 11) is 2.36. The van der Waals surface area contributed by atoms with Gasteiger partial charge in [0.25, 0.3) is 0 Å². The number of quaternary nitrogens is 1. The van der Waals surface area contributed by atoms with Gasteiger partial charge in [0.1, 0.15) is 6.54 Å². The fraction of sp³-hybridized carbons (Fsp3) is 0.647. The molecule has 0 bridgehead atoms. The number of ether oxygens (including phenoxy) is 1. The minimum Gasteiger partial charge on any atom is -0.399 e. The topological polar surface area (TPSA) is 38.5 Å². The van der Waals surface area contributed by atoms with Gasteiger partial charge in [-0.15, -0.1) is 0 Å². The van der Waals surface area contributed by atoms with Crippen LogP contribution in [0.5, 0.6) is 0 Å². The van der Waals surface area contributed by atoms with Gasteiger partial charge in [0.15, 0.2) is 0 Å². The zero-order chi connectivity index (χ0) is 14.7. The molecule has 4 heteroatoms. The van der Waals surface area contributed by atoms with Crippen LogP contribution in [0.15, 0.2) is 18.2 Å². The molecule has 0 aromatic heterocycles. The summed E-state index contributed by atoms with van der Waals surface area (Å²) in [5.74, 6) is 0. The molecule has 2 N–H and O–H groups in total. The maximum Gasteiger partial charge on any atom is 0.102 e. The molecule has 0 aliphatic carbocycles. The molecule has 1 saturated heterocycles. The van der Waals surface area contributed by atoms with Crippen LogP contribution in [-0.2, 0) is 11.2 Å². The third kappa shape index (κ3) is 3.50. The lowest BCUT2D eigenvalue weighted by atomic mass is 10.1. The lowest BCUT2D eigenvalue weighted by Gasteiger charge is -2.29. The minimum absolute atomic E-state index is 0.814. The van der Waals surface area contributed by atoms with Crippen LogP contribution in [0.25, 0.3) is 0 Å². The first-order valence-electron chi connectivity index (χ1n) is 8.21. The van der Waals surface area contributed by atoms with Crippen molar-refractivity contribution >= 4 is 11.4 Å². The van der Waals surface area contributed by atoms with E-state index in [0.717, 1.165) is 45.0 Å². The average Bonchev–Trinajstić information content (AvgIpc) is 3.06. The zero-order valence-corrected chi connectivity index (χ0v) is 13.2. The number of hydrogen-bond acceptors (Lipinski definition) is 3. The highest BCUT2D eigenvalue weighted by Crippen LogP contribution is 2.29. The number of fused-ring (bicyclic) bond motifs is 1. The largest absolute Gasteiger partial charge is 0.399 e. The first-order chi connectivity index (χ1) is 10.2. The summed E-state index contributed by atoms with van der Waals surface area (Å²) < 4.78 is 7.08. The van der Waals surface area contributed by atoms with Gasteiger partial charge in [-0.05, 0) is 24.1 Å².